The summed E-state index contributed by atoms with van der Waals surface area (Å²) in [6.07, 6.45) is 6.41. The molecule has 3 N–H and O–H groups in total. The minimum Gasteiger partial charge on any atom is -0.370 e. The summed E-state index contributed by atoms with van der Waals surface area (Å²) in [7, 11) is 0. The molecule has 0 aliphatic heterocycles. The van der Waals surface area contributed by atoms with Gasteiger partial charge in [0.2, 0.25) is 0 Å². The second-order valence-electron chi connectivity index (χ2n) is 5.19. The molecule has 108 valence electrons. The molecule has 5 nitrogen and oxygen atoms in total. The van der Waals surface area contributed by atoms with Crippen molar-refractivity contribution in [2.45, 2.75) is 32.2 Å². The number of benzene rings is 1. The van der Waals surface area contributed by atoms with Crippen molar-refractivity contribution < 1.29 is 0 Å². The molecule has 1 aliphatic rings. The number of hydrogen-bond acceptors (Lipinski definition) is 3. The average Bonchev–Trinajstić information content (AvgIpc) is 2.54. The number of aliphatic imine (C=N–C) groups is 1. The smallest absolute Gasteiger partial charge is 0.193 e. The van der Waals surface area contributed by atoms with Crippen molar-refractivity contribution in [3.63, 3.8) is 0 Å². The molecule has 1 heterocycles. The summed E-state index contributed by atoms with van der Waals surface area (Å²) in [5.41, 5.74) is 10.7. The normalized spacial score (nSPS) is 14.6. The number of rotatable bonds is 3. The van der Waals surface area contributed by atoms with Crippen LogP contribution in [-0.4, -0.2) is 16.2 Å². The zero-order chi connectivity index (χ0) is 14.5. The molecule has 21 heavy (non-hydrogen) atoms. The Balaban J connectivity index is 1.71. The number of nitrogens with zero attached hydrogens (tertiary/aromatic N) is 3. The highest BCUT2D eigenvalue weighted by Gasteiger charge is 2.12. The Labute approximate surface area is 124 Å². The maximum atomic E-state index is 5.98. The fourth-order valence-electron chi connectivity index (χ4n) is 2.66. The highest BCUT2D eigenvalue weighted by atomic mass is 15.1. The zero-order valence-corrected chi connectivity index (χ0v) is 11.9. The lowest BCUT2D eigenvalue weighted by atomic mass is 9.90. The quantitative estimate of drug-likeness (QED) is 0.668. The largest absolute Gasteiger partial charge is 0.370 e. The van der Waals surface area contributed by atoms with Crippen molar-refractivity contribution >= 4 is 11.6 Å². The molecule has 0 unspecified atom stereocenters. The first-order valence-electron chi connectivity index (χ1n) is 7.27. The van der Waals surface area contributed by atoms with E-state index in [1.165, 1.54) is 24.0 Å². The number of aryl methyl sites for hydroxylation is 1. The van der Waals surface area contributed by atoms with E-state index in [4.69, 9.17) is 5.73 Å². The Morgan fingerprint density at radius 1 is 1.19 bits per heavy atom. The van der Waals surface area contributed by atoms with Gasteiger partial charge < -0.3 is 11.1 Å². The van der Waals surface area contributed by atoms with E-state index in [9.17, 15) is 0 Å². The standard InChI is InChI=1S/C16H19N5/c17-16(18-11-13-7-4-10-19-21-13)20-15-9-3-6-12-5-1-2-8-14(12)15/h3-4,6-7,9-10H,1-2,5,8,11H2,(H3,17,18,20). The van der Waals surface area contributed by atoms with Crippen LogP contribution >= 0.6 is 0 Å². The van der Waals surface area contributed by atoms with Gasteiger partial charge in [-0.25, -0.2) is 4.99 Å². The number of guanidine groups is 1. The summed E-state index contributed by atoms with van der Waals surface area (Å²) in [4.78, 5) is 4.32. The van der Waals surface area contributed by atoms with Crippen LogP contribution in [0.4, 0.5) is 5.69 Å². The molecule has 5 heteroatoms. The summed E-state index contributed by atoms with van der Waals surface area (Å²) in [5, 5.41) is 11.0. The zero-order valence-electron chi connectivity index (χ0n) is 11.9. The summed E-state index contributed by atoms with van der Waals surface area (Å²) < 4.78 is 0. The van der Waals surface area contributed by atoms with E-state index >= 15 is 0 Å². The molecule has 0 bridgehead atoms. The van der Waals surface area contributed by atoms with Crippen molar-refractivity contribution in [1.29, 1.82) is 0 Å². The molecule has 0 saturated carbocycles. The van der Waals surface area contributed by atoms with Crippen LogP contribution in [0.3, 0.4) is 0 Å². The second kappa shape index (κ2) is 6.35. The summed E-state index contributed by atoms with van der Waals surface area (Å²) in [6.45, 7) is 0.432. The van der Waals surface area contributed by atoms with Crippen LogP contribution in [-0.2, 0) is 19.4 Å². The lowest BCUT2D eigenvalue weighted by molar-refractivity contribution is 0.687. The third-order valence-electron chi connectivity index (χ3n) is 3.70. The predicted molar refractivity (Wildman–Crippen MR) is 84.1 cm³/mol. The van der Waals surface area contributed by atoms with E-state index in [1.807, 2.05) is 12.1 Å². The van der Waals surface area contributed by atoms with Gasteiger partial charge in [0.1, 0.15) is 0 Å². The lowest BCUT2D eigenvalue weighted by Crippen LogP contribution is -2.24. The molecule has 0 fully saturated rings. The fourth-order valence-corrected chi connectivity index (χ4v) is 2.66. The van der Waals surface area contributed by atoms with Gasteiger partial charge >= 0.3 is 0 Å². The molecule has 0 amide bonds. The van der Waals surface area contributed by atoms with E-state index in [0.717, 1.165) is 24.2 Å². The highest BCUT2D eigenvalue weighted by molar-refractivity contribution is 5.93. The summed E-state index contributed by atoms with van der Waals surface area (Å²) in [6, 6.07) is 10.1. The van der Waals surface area contributed by atoms with Crippen LogP contribution in [0.15, 0.2) is 41.5 Å². The first-order chi connectivity index (χ1) is 10.3. The van der Waals surface area contributed by atoms with Gasteiger partial charge in [-0.2, -0.15) is 10.2 Å². The minimum absolute atomic E-state index is 0.416. The minimum atomic E-state index is 0.416. The maximum absolute atomic E-state index is 5.98. The second-order valence-corrected chi connectivity index (χ2v) is 5.19. The number of nitrogens with two attached hydrogens (primary N) is 1. The molecule has 0 atom stereocenters. The van der Waals surface area contributed by atoms with Gasteiger partial charge in [0, 0.05) is 11.9 Å². The van der Waals surface area contributed by atoms with Crippen molar-refractivity contribution in [2.24, 2.45) is 10.7 Å². The van der Waals surface area contributed by atoms with Crippen LogP contribution in [0, 0.1) is 0 Å². The molecule has 1 aromatic heterocycles. The lowest BCUT2D eigenvalue weighted by Gasteiger charge is -2.19. The van der Waals surface area contributed by atoms with E-state index in [1.54, 1.807) is 6.20 Å². The number of hydrogen-bond donors (Lipinski definition) is 2. The first-order valence-corrected chi connectivity index (χ1v) is 7.27. The monoisotopic (exact) mass is 281 g/mol. The third-order valence-corrected chi connectivity index (χ3v) is 3.70. The van der Waals surface area contributed by atoms with Gasteiger partial charge in [0.05, 0.1) is 12.2 Å². The number of aromatic nitrogens is 2. The van der Waals surface area contributed by atoms with Gasteiger partial charge in [-0.3, -0.25) is 0 Å². The van der Waals surface area contributed by atoms with E-state index in [2.05, 4.69) is 38.7 Å². The van der Waals surface area contributed by atoms with Gasteiger partial charge in [0.25, 0.3) is 0 Å². The van der Waals surface area contributed by atoms with Crippen molar-refractivity contribution in [2.75, 3.05) is 5.32 Å². The topological polar surface area (TPSA) is 76.2 Å². The SMILES string of the molecule is NC(=NCc1cccnn1)Nc1cccc2c1CCCC2. The Morgan fingerprint density at radius 2 is 2.10 bits per heavy atom. The number of anilines is 1. The first kappa shape index (κ1) is 13.5. The summed E-state index contributed by atoms with van der Waals surface area (Å²) in [5.74, 6) is 0.416. The molecular formula is C16H19N5. The third kappa shape index (κ3) is 3.37. The number of fused-ring (bicyclic) bond motifs is 1. The molecule has 1 aliphatic carbocycles. The van der Waals surface area contributed by atoms with Crippen molar-refractivity contribution in [3.05, 3.63) is 53.3 Å². The fraction of sp³-hybridized carbons (Fsp3) is 0.312. The van der Waals surface area contributed by atoms with Crippen LogP contribution in [0.2, 0.25) is 0 Å². The number of nitrogens with one attached hydrogen (secondary N) is 1. The Morgan fingerprint density at radius 3 is 2.95 bits per heavy atom. The maximum Gasteiger partial charge on any atom is 0.193 e. The highest BCUT2D eigenvalue weighted by Crippen LogP contribution is 2.27. The van der Waals surface area contributed by atoms with Gasteiger partial charge in [-0.1, -0.05) is 12.1 Å². The molecule has 1 aromatic carbocycles. The van der Waals surface area contributed by atoms with Gasteiger partial charge in [0.15, 0.2) is 5.96 Å². The molecule has 0 radical (unpaired) electrons. The molecule has 2 aromatic rings. The Hall–Kier alpha value is -2.43. The van der Waals surface area contributed by atoms with E-state index in [0.29, 0.717) is 12.5 Å². The van der Waals surface area contributed by atoms with Crippen LogP contribution in [0.25, 0.3) is 0 Å². The molecule has 3 rings (SSSR count). The van der Waals surface area contributed by atoms with Gasteiger partial charge in [-0.15, -0.1) is 0 Å². The van der Waals surface area contributed by atoms with E-state index in [-0.39, 0.29) is 0 Å². The van der Waals surface area contributed by atoms with Crippen LogP contribution in [0.5, 0.6) is 0 Å². The van der Waals surface area contributed by atoms with Gasteiger partial charge in [-0.05, 0) is 55.0 Å². The molecule has 0 spiro atoms. The van der Waals surface area contributed by atoms with Crippen LogP contribution in [0.1, 0.15) is 29.7 Å². The van der Waals surface area contributed by atoms with Crippen molar-refractivity contribution in [1.82, 2.24) is 10.2 Å². The van der Waals surface area contributed by atoms with E-state index < -0.39 is 0 Å². The Kier molecular flexibility index (Phi) is 4.09. The molecular weight excluding hydrogens is 262 g/mol. The average molecular weight is 281 g/mol. The predicted octanol–water partition coefficient (Wildman–Crippen LogP) is 2.28. The van der Waals surface area contributed by atoms with Crippen molar-refractivity contribution in [3.8, 4) is 0 Å². The summed E-state index contributed by atoms with van der Waals surface area (Å²) >= 11 is 0. The van der Waals surface area contributed by atoms with Crippen LogP contribution < -0.4 is 11.1 Å². The Bertz CT molecular complexity index is 636. The molecule has 0 saturated heterocycles.